The third-order valence-electron chi connectivity index (χ3n) is 4.37. The summed E-state index contributed by atoms with van der Waals surface area (Å²) >= 11 is 6.12. The molecule has 1 aromatic rings. The molecule has 2 amide bonds. The molecule has 1 atom stereocenters. The zero-order valence-electron chi connectivity index (χ0n) is 12.6. The van der Waals surface area contributed by atoms with E-state index < -0.39 is 0 Å². The van der Waals surface area contributed by atoms with Gasteiger partial charge in [-0.2, -0.15) is 0 Å². The molecule has 0 spiro atoms. The van der Waals surface area contributed by atoms with Crippen LogP contribution in [0.1, 0.15) is 37.7 Å². The summed E-state index contributed by atoms with van der Waals surface area (Å²) < 4.78 is 0. The number of benzene rings is 1. The first kappa shape index (κ1) is 15.3. The molecule has 1 aliphatic carbocycles. The Bertz CT molecular complexity index is 572. The Labute approximate surface area is 135 Å². The lowest BCUT2D eigenvalue weighted by Crippen LogP contribution is -2.46. The van der Waals surface area contributed by atoms with Crippen LogP contribution in [0, 0.1) is 0 Å². The first-order valence-corrected chi connectivity index (χ1v) is 8.36. The third-order valence-corrected chi connectivity index (χ3v) is 4.73. The number of hydrogen-bond donors (Lipinski definition) is 1. The number of hydrogen-bond acceptors (Lipinski definition) is 2. The van der Waals surface area contributed by atoms with Crippen LogP contribution in [0.15, 0.2) is 24.3 Å². The summed E-state index contributed by atoms with van der Waals surface area (Å²) in [6, 6.07) is 7.65. The summed E-state index contributed by atoms with van der Waals surface area (Å²) in [5, 5.41) is 3.70. The van der Waals surface area contributed by atoms with Crippen LogP contribution < -0.4 is 5.32 Å². The molecular formula is C17H21ClN2O2. The summed E-state index contributed by atoms with van der Waals surface area (Å²) in [5.74, 6) is 0.0689. The second-order valence-corrected chi connectivity index (χ2v) is 6.53. The van der Waals surface area contributed by atoms with E-state index in [0.29, 0.717) is 30.5 Å². The molecule has 4 nitrogen and oxygen atoms in total. The van der Waals surface area contributed by atoms with E-state index >= 15 is 0 Å². The van der Waals surface area contributed by atoms with Crippen molar-refractivity contribution in [3.63, 3.8) is 0 Å². The highest BCUT2D eigenvalue weighted by molar-refractivity contribution is 6.31. The fourth-order valence-corrected chi connectivity index (χ4v) is 3.18. The Hall–Kier alpha value is -1.55. The maximum Gasteiger partial charge on any atom is 0.243 e. The maximum absolute atomic E-state index is 12.4. The van der Waals surface area contributed by atoms with Crippen molar-refractivity contribution in [2.75, 3.05) is 6.54 Å². The van der Waals surface area contributed by atoms with Gasteiger partial charge < -0.3 is 10.2 Å². The van der Waals surface area contributed by atoms with Crippen molar-refractivity contribution < 1.29 is 9.59 Å². The Morgan fingerprint density at radius 1 is 1.23 bits per heavy atom. The molecule has 0 radical (unpaired) electrons. The minimum Gasteiger partial charge on any atom is -0.352 e. The first-order chi connectivity index (χ1) is 10.6. The fourth-order valence-electron chi connectivity index (χ4n) is 2.95. The largest absolute Gasteiger partial charge is 0.352 e. The first-order valence-electron chi connectivity index (χ1n) is 7.98. The molecule has 118 valence electrons. The average molecular weight is 321 g/mol. The van der Waals surface area contributed by atoms with Gasteiger partial charge >= 0.3 is 0 Å². The second-order valence-electron chi connectivity index (χ2n) is 6.12. The summed E-state index contributed by atoms with van der Waals surface area (Å²) in [7, 11) is 0. The SMILES string of the molecule is O=C(NC1CC1)[C@H]1CCCN1C(=O)CCc1ccccc1Cl. The zero-order chi connectivity index (χ0) is 15.5. The Balaban J connectivity index is 1.56. The van der Waals surface area contributed by atoms with Crippen molar-refractivity contribution in [3.05, 3.63) is 34.9 Å². The van der Waals surface area contributed by atoms with Gasteiger partial charge in [-0.05, 0) is 43.7 Å². The molecule has 1 heterocycles. The van der Waals surface area contributed by atoms with Crippen LogP contribution in [-0.4, -0.2) is 35.3 Å². The van der Waals surface area contributed by atoms with Crippen molar-refractivity contribution in [3.8, 4) is 0 Å². The molecular weight excluding hydrogens is 300 g/mol. The van der Waals surface area contributed by atoms with E-state index in [9.17, 15) is 9.59 Å². The molecule has 22 heavy (non-hydrogen) atoms. The lowest BCUT2D eigenvalue weighted by molar-refractivity contribution is -0.138. The number of rotatable bonds is 5. The van der Waals surface area contributed by atoms with Crippen LogP contribution in [0.5, 0.6) is 0 Å². The van der Waals surface area contributed by atoms with Gasteiger partial charge in [-0.3, -0.25) is 9.59 Å². The van der Waals surface area contributed by atoms with Crippen LogP contribution in [0.25, 0.3) is 0 Å². The van der Waals surface area contributed by atoms with Crippen LogP contribution in [-0.2, 0) is 16.0 Å². The summed E-state index contributed by atoms with van der Waals surface area (Å²) in [4.78, 5) is 26.4. The average Bonchev–Trinajstić information content (AvgIpc) is 3.18. The van der Waals surface area contributed by atoms with Crippen LogP contribution in [0.3, 0.4) is 0 Å². The minimum absolute atomic E-state index is 0.0195. The molecule has 1 aromatic carbocycles. The lowest BCUT2D eigenvalue weighted by Gasteiger charge is -2.24. The van der Waals surface area contributed by atoms with Crippen molar-refractivity contribution in [2.24, 2.45) is 0 Å². The van der Waals surface area contributed by atoms with Gasteiger partial charge in [0.15, 0.2) is 0 Å². The molecule has 1 saturated heterocycles. The highest BCUT2D eigenvalue weighted by Crippen LogP contribution is 2.24. The number of aryl methyl sites for hydroxylation is 1. The smallest absolute Gasteiger partial charge is 0.243 e. The van der Waals surface area contributed by atoms with Crippen LogP contribution in [0.2, 0.25) is 5.02 Å². The van der Waals surface area contributed by atoms with E-state index in [-0.39, 0.29) is 17.9 Å². The van der Waals surface area contributed by atoms with Gasteiger partial charge in [0.25, 0.3) is 0 Å². The second kappa shape index (κ2) is 6.69. The minimum atomic E-state index is -0.278. The molecule has 1 saturated carbocycles. The predicted octanol–water partition coefficient (Wildman–Crippen LogP) is 2.54. The Morgan fingerprint density at radius 2 is 2.00 bits per heavy atom. The van der Waals surface area contributed by atoms with Crippen molar-refractivity contribution in [2.45, 2.75) is 50.6 Å². The lowest BCUT2D eigenvalue weighted by atomic mass is 10.1. The van der Waals surface area contributed by atoms with Crippen molar-refractivity contribution >= 4 is 23.4 Å². The van der Waals surface area contributed by atoms with E-state index in [2.05, 4.69) is 5.32 Å². The number of carbonyl (C=O) groups excluding carboxylic acids is 2. The zero-order valence-corrected chi connectivity index (χ0v) is 13.3. The highest BCUT2D eigenvalue weighted by atomic mass is 35.5. The standard InChI is InChI=1S/C17H21ClN2O2/c18-14-5-2-1-4-12(14)7-10-16(21)20-11-3-6-15(20)17(22)19-13-8-9-13/h1-2,4-5,13,15H,3,6-11H2,(H,19,22)/t15-/m1/s1. The number of amides is 2. The van der Waals surface area contributed by atoms with Gasteiger partial charge in [0, 0.05) is 24.0 Å². The van der Waals surface area contributed by atoms with Crippen molar-refractivity contribution in [1.29, 1.82) is 0 Å². The Kier molecular flexibility index (Phi) is 4.67. The summed E-state index contributed by atoms with van der Waals surface area (Å²) in [5.41, 5.74) is 0.982. The Morgan fingerprint density at radius 3 is 2.73 bits per heavy atom. The molecule has 1 N–H and O–H groups in total. The maximum atomic E-state index is 12.4. The van der Waals surface area contributed by atoms with Gasteiger partial charge in [-0.15, -0.1) is 0 Å². The number of carbonyl (C=O) groups is 2. The highest BCUT2D eigenvalue weighted by Gasteiger charge is 2.36. The molecule has 0 unspecified atom stereocenters. The van der Waals surface area contributed by atoms with Gasteiger partial charge in [-0.25, -0.2) is 0 Å². The quantitative estimate of drug-likeness (QED) is 0.906. The summed E-state index contributed by atoms with van der Waals surface area (Å²) in [6.45, 7) is 0.685. The molecule has 1 aliphatic heterocycles. The van der Waals surface area contributed by atoms with E-state index in [1.807, 2.05) is 24.3 Å². The summed E-state index contributed by atoms with van der Waals surface area (Å²) in [6.07, 6.45) is 4.83. The molecule has 5 heteroatoms. The van der Waals surface area contributed by atoms with Gasteiger partial charge in [0.05, 0.1) is 0 Å². The van der Waals surface area contributed by atoms with Crippen molar-refractivity contribution in [1.82, 2.24) is 10.2 Å². The van der Waals surface area contributed by atoms with E-state index in [0.717, 1.165) is 31.2 Å². The van der Waals surface area contributed by atoms with Crippen LogP contribution in [0.4, 0.5) is 0 Å². The number of nitrogens with zero attached hydrogens (tertiary/aromatic N) is 1. The fraction of sp³-hybridized carbons (Fsp3) is 0.529. The van der Waals surface area contributed by atoms with E-state index in [1.54, 1.807) is 4.90 Å². The third kappa shape index (κ3) is 3.61. The monoisotopic (exact) mass is 320 g/mol. The predicted molar refractivity (Wildman–Crippen MR) is 85.7 cm³/mol. The molecule has 0 aromatic heterocycles. The van der Waals surface area contributed by atoms with Gasteiger partial charge in [0.1, 0.15) is 6.04 Å². The van der Waals surface area contributed by atoms with E-state index in [1.165, 1.54) is 0 Å². The van der Waals surface area contributed by atoms with E-state index in [4.69, 9.17) is 11.6 Å². The molecule has 2 aliphatic rings. The van der Waals surface area contributed by atoms with Gasteiger partial charge in [0.2, 0.25) is 11.8 Å². The normalized spacial score (nSPS) is 21.0. The molecule has 3 rings (SSSR count). The van der Waals surface area contributed by atoms with Crippen LogP contribution >= 0.6 is 11.6 Å². The molecule has 2 fully saturated rings. The molecule has 0 bridgehead atoms. The number of halogens is 1. The van der Waals surface area contributed by atoms with Gasteiger partial charge in [-0.1, -0.05) is 29.8 Å². The number of nitrogens with one attached hydrogen (secondary N) is 1. The topological polar surface area (TPSA) is 49.4 Å². The number of likely N-dealkylation sites (tertiary alicyclic amines) is 1.